The second-order valence-electron chi connectivity index (χ2n) is 7.16. The fraction of sp³-hybridized carbons (Fsp3) is 0.261. The Morgan fingerprint density at radius 2 is 2.06 bits per heavy atom. The lowest BCUT2D eigenvalue weighted by Gasteiger charge is -2.15. The number of nitrogens with one attached hydrogen (secondary N) is 2. The van der Waals surface area contributed by atoms with Gasteiger partial charge in [0.1, 0.15) is 17.0 Å². The molecule has 0 saturated carbocycles. The van der Waals surface area contributed by atoms with Gasteiger partial charge >= 0.3 is 0 Å². The van der Waals surface area contributed by atoms with Crippen molar-refractivity contribution in [3.05, 3.63) is 60.1 Å². The normalized spacial score (nSPS) is 15.9. The van der Waals surface area contributed by atoms with Crippen LogP contribution in [0.2, 0.25) is 0 Å². The van der Waals surface area contributed by atoms with Gasteiger partial charge in [-0.3, -0.25) is 10.2 Å². The van der Waals surface area contributed by atoms with Gasteiger partial charge in [-0.1, -0.05) is 18.4 Å². The zero-order valence-corrected chi connectivity index (χ0v) is 17.4. The highest BCUT2D eigenvalue weighted by Crippen LogP contribution is 2.26. The first-order valence-electron chi connectivity index (χ1n) is 9.86. The van der Waals surface area contributed by atoms with Gasteiger partial charge in [0, 0.05) is 36.8 Å². The summed E-state index contributed by atoms with van der Waals surface area (Å²) in [4.78, 5) is 24.0. The van der Waals surface area contributed by atoms with E-state index in [1.54, 1.807) is 26.5 Å². The van der Waals surface area contributed by atoms with Crippen molar-refractivity contribution in [1.82, 2.24) is 25.4 Å². The molecular formula is C23H23N5O3. The van der Waals surface area contributed by atoms with E-state index in [-0.39, 0.29) is 11.8 Å². The summed E-state index contributed by atoms with van der Waals surface area (Å²) < 4.78 is 10.6. The molecule has 0 aliphatic carbocycles. The second kappa shape index (κ2) is 8.90. The highest BCUT2D eigenvalue weighted by Gasteiger charge is 2.26. The number of benzene rings is 1. The number of nitrogens with zero attached hydrogens (tertiary/aromatic N) is 3. The SMILES string of the molecule is C=CC(=O)NN1CCC(c2cnc3[nH]cc(C#Cc4cc(OC)cc(OC)c4)c3n2)C1. The minimum Gasteiger partial charge on any atom is -0.497 e. The van der Waals surface area contributed by atoms with Crippen molar-refractivity contribution in [2.75, 3.05) is 27.3 Å². The van der Waals surface area contributed by atoms with E-state index in [9.17, 15) is 4.79 Å². The molecule has 158 valence electrons. The van der Waals surface area contributed by atoms with Crippen LogP contribution in [-0.4, -0.2) is 53.2 Å². The molecule has 0 spiro atoms. The standard InChI is InChI=1S/C23H23N5O3/c1-4-21(29)27-28-8-7-17(14-28)20-13-25-23-22(26-20)16(12-24-23)6-5-15-9-18(30-2)11-19(10-15)31-3/h4,9-13,17H,1,7-8,14H2,2-3H3,(H,24,25)(H,27,29). The molecule has 8 nitrogen and oxygen atoms in total. The molecular weight excluding hydrogens is 394 g/mol. The van der Waals surface area contributed by atoms with Gasteiger partial charge in [0.15, 0.2) is 5.65 Å². The Kier molecular flexibility index (Phi) is 5.87. The number of H-pyrrole nitrogens is 1. The molecule has 1 amide bonds. The van der Waals surface area contributed by atoms with Crippen molar-refractivity contribution >= 4 is 17.1 Å². The number of amides is 1. The number of aromatic amines is 1. The molecule has 0 radical (unpaired) electrons. The molecule has 4 rings (SSSR count). The van der Waals surface area contributed by atoms with E-state index < -0.39 is 0 Å². The number of hydrazine groups is 1. The van der Waals surface area contributed by atoms with Crippen molar-refractivity contribution in [1.29, 1.82) is 0 Å². The Hall–Kier alpha value is -3.83. The van der Waals surface area contributed by atoms with Gasteiger partial charge in [0.25, 0.3) is 5.91 Å². The minimum atomic E-state index is -0.209. The number of rotatable bonds is 5. The van der Waals surface area contributed by atoms with Crippen molar-refractivity contribution < 1.29 is 14.3 Å². The summed E-state index contributed by atoms with van der Waals surface area (Å²) in [5.74, 6) is 7.65. The number of fused-ring (bicyclic) bond motifs is 1. The third-order valence-corrected chi connectivity index (χ3v) is 5.15. The summed E-state index contributed by atoms with van der Waals surface area (Å²) in [7, 11) is 3.21. The van der Waals surface area contributed by atoms with E-state index >= 15 is 0 Å². The fourth-order valence-corrected chi connectivity index (χ4v) is 3.52. The predicted octanol–water partition coefficient (Wildman–Crippen LogP) is 2.38. The van der Waals surface area contributed by atoms with Gasteiger partial charge in [-0.05, 0) is 24.6 Å². The Bertz CT molecular complexity index is 1170. The van der Waals surface area contributed by atoms with E-state index in [0.29, 0.717) is 23.7 Å². The Balaban J connectivity index is 1.58. The molecule has 1 aromatic carbocycles. The molecule has 3 heterocycles. The highest BCUT2D eigenvalue weighted by atomic mass is 16.5. The molecule has 1 atom stereocenters. The average Bonchev–Trinajstić information content (AvgIpc) is 3.43. The summed E-state index contributed by atoms with van der Waals surface area (Å²) in [6.07, 6.45) is 5.74. The van der Waals surface area contributed by atoms with Crippen LogP contribution in [0.1, 0.15) is 29.2 Å². The van der Waals surface area contributed by atoms with Crippen LogP contribution in [-0.2, 0) is 4.79 Å². The molecule has 8 heteroatoms. The first kappa shape index (κ1) is 20.4. The lowest BCUT2D eigenvalue weighted by atomic mass is 10.1. The molecule has 2 aromatic heterocycles. The molecule has 2 N–H and O–H groups in total. The number of ether oxygens (including phenoxy) is 2. The Labute approximate surface area is 180 Å². The van der Waals surface area contributed by atoms with E-state index in [1.165, 1.54) is 6.08 Å². The predicted molar refractivity (Wildman–Crippen MR) is 117 cm³/mol. The topological polar surface area (TPSA) is 92.4 Å². The number of hydrogen-bond acceptors (Lipinski definition) is 6. The Morgan fingerprint density at radius 3 is 2.77 bits per heavy atom. The fourth-order valence-electron chi connectivity index (χ4n) is 3.52. The maximum absolute atomic E-state index is 11.5. The molecule has 3 aromatic rings. The van der Waals surface area contributed by atoms with E-state index in [1.807, 2.05) is 23.3 Å². The van der Waals surface area contributed by atoms with E-state index in [2.05, 4.69) is 33.8 Å². The summed E-state index contributed by atoms with van der Waals surface area (Å²) >= 11 is 0. The lowest BCUT2D eigenvalue weighted by molar-refractivity contribution is -0.120. The second-order valence-corrected chi connectivity index (χ2v) is 7.16. The summed E-state index contributed by atoms with van der Waals surface area (Å²) in [6, 6.07) is 5.51. The van der Waals surface area contributed by atoms with Gasteiger partial charge in [-0.25, -0.2) is 15.0 Å². The van der Waals surface area contributed by atoms with Crippen LogP contribution in [0, 0.1) is 11.8 Å². The summed E-state index contributed by atoms with van der Waals surface area (Å²) in [5, 5.41) is 1.88. The smallest absolute Gasteiger partial charge is 0.257 e. The third kappa shape index (κ3) is 4.52. The molecule has 31 heavy (non-hydrogen) atoms. The van der Waals surface area contributed by atoms with Gasteiger partial charge in [-0.15, -0.1) is 0 Å². The van der Waals surface area contributed by atoms with Crippen LogP contribution < -0.4 is 14.9 Å². The molecule has 1 aliphatic rings. The summed E-state index contributed by atoms with van der Waals surface area (Å²) in [6.45, 7) is 4.91. The van der Waals surface area contributed by atoms with Crippen molar-refractivity contribution in [2.45, 2.75) is 12.3 Å². The minimum absolute atomic E-state index is 0.181. The maximum Gasteiger partial charge on any atom is 0.257 e. The van der Waals surface area contributed by atoms with Crippen LogP contribution in [0.5, 0.6) is 11.5 Å². The molecule has 1 saturated heterocycles. The zero-order chi connectivity index (χ0) is 21.8. The van der Waals surface area contributed by atoms with Crippen LogP contribution in [0.3, 0.4) is 0 Å². The third-order valence-electron chi connectivity index (χ3n) is 5.15. The number of hydrogen-bond donors (Lipinski definition) is 2. The molecule has 1 aliphatic heterocycles. The first-order valence-corrected chi connectivity index (χ1v) is 9.86. The highest BCUT2D eigenvalue weighted by molar-refractivity contribution is 5.86. The van der Waals surface area contributed by atoms with Crippen LogP contribution in [0.15, 0.2) is 43.2 Å². The Morgan fingerprint density at radius 1 is 1.29 bits per heavy atom. The summed E-state index contributed by atoms with van der Waals surface area (Å²) in [5.41, 5.74) is 6.65. The zero-order valence-electron chi connectivity index (χ0n) is 17.4. The first-order chi connectivity index (χ1) is 15.1. The van der Waals surface area contributed by atoms with E-state index in [0.717, 1.165) is 35.3 Å². The van der Waals surface area contributed by atoms with Gasteiger partial charge in [0.05, 0.1) is 31.7 Å². The molecule has 1 unspecified atom stereocenters. The number of carbonyl (C=O) groups excluding carboxylic acids is 1. The van der Waals surface area contributed by atoms with Gasteiger partial charge < -0.3 is 14.5 Å². The van der Waals surface area contributed by atoms with Gasteiger partial charge in [-0.2, -0.15) is 0 Å². The number of carbonyl (C=O) groups is 1. The number of aromatic nitrogens is 3. The average molecular weight is 417 g/mol. The largest absolute Gasteiger partial charge is 0.497 e. The maximum atomic E-state index is 11.5. The number of methoxy groups -OCH3 is 2. The van der Waals surface area contributed by atoms with E-state index in [4.69, 9.17) is 14.5 Å². The van der Waals surface area contributed by atoms with Crippen molar-refractivity contribution in [3.8, 4) is 23.3 Å². The lowest BCUT2D eigenvalue weighted by Crippen LogP contribution is -2.39. The monoisotopic (exact) mass is 417 g/mol. The van der Waals surface area contributed by atoms with Crippen LogP contribution in [0.25, 0.3) is 11.2 Å². The molecule has 0 bridgehead atoms. The van der Waals surface area contributed by atoms with Crippen molar-refractivity contribution in [3.63, 3.8) is 0 Å². The van der Waals surface area contributed by atoms with Crippen LogP contribution in [0.4, 0.5) is 0 Å². The van der Waals surface area contributed by atoms with Crippen LogP contribution >= 0.6 is 0 Å². The van der Waals surface area contributed by atoms with Gasteiger partial charge in [0.2, 0.25) is 0 Å². The quantitative estimate of drug-likeness (QED) is 0.489. The van der Waals surface area contributed by atoms with Crippen molar-refractivity contribution in [2.24, 2.45) is 0 Å². The molecule has 1 fully saturated rings.